The molecule has 0 saturated carbocycles. The van der Waals surface area contributed by atoms with Crippen molar-refractivity contribution in [1.82, 2.24) is 14.5 Å². The van der Waals surface area contributed by atoms with Gasteiger partial charge in [0.25, 0.3) is 0 Å². The molecule has 1 aliphatic rings. The van der Waals surface area contributed by atoms with Gasteiger partial charge in [0.15, 0.2) is 11.9 Å². The van der Waals surface area contributed by atoms with E-state index in [0.717, 1.165) is 6.33 Å². The molecule has 3 atom stereocenters. The number of nitrogens with zero attached hydrogens (tertiary/aromatic N) is 3. The molecule has 0 aliphatic carbocycles. The number of aryl methyl sites for hydroxylation is 1. The van der Waals surface area contributed by atoms with Crippen LogP contribution >= 0.6 is 0 Å². The summed E-state index contributed by atoms with van der Waals surface area (Å²) < 4.78 is 35.4. The van der Waals surface area contributed by atoms with Gasteiger partial charge in [0.05, 0.1) is 18.1 Å². The molecule has 0 radical (unpaired) electrons. The summed E-state index contributed by atoms with van der Waals surface area (Å²) >= 11 is 0. The van der Waals surface area contributed by atoms with Crippen molar-refractivity contribution >= 4 is 11.0 Å². The Hall–Kier alpha value is -1.60. The first kappa shape index (κ1) is 13.4. The second-order valence-corrected chi connectivity index (χ2v) is 5.36. The summed E-state index contributed by atoms with van der Waals surface area (Å²) in [5.41, 5.74) is -0.750. The van der Waals surface area contributed by atoms with E-state index in [-0.39, 0.29) is 18.4 Å². The van der Waals surface area contributed by atoms with Crippen molar-refractivity contribution in [2.24, 2.45) is 0 Å². The van der Waals surface area contributed by atoms with Crippen molar-refractivity contribution in [3.63, 3.8) is 0 Å². The van der Waals surface area contributed by atoms with Crippen LogP contribution in [0.3, 0.4) is 0 Å². The second-order valence-electron chi connectivity index (χ2n) is 5.36. The van der Waals surface area contributed by atoms with Gasteiger partial charge >= 0.3 is 0 Å². The molecule has 2 aromatic heterocycles. The van der Waals surface area contributed by atoms with Crippen LogP contribution in [-0.4, -0.2) is 38.0 Å². The molecule has 1 saturated heterocycles. The van der Waals surface area contributed by atoms with Crippen LogP contribution in [0, 0.1) is 12.9 Å². The Morgan fingerprint density at radius 1 is 1.55 bits per heavy atom. The number of rotatable bonds is 2. The minimum absolute atomic E-state index is 0.0838. The molecule has 2 aromatic rings. The van der Waals surface area contributed by atoms with Gasteiger partial charge in [0.2, 0.25) is 5.95 Å². The predicted molar refractivity (Wildman–Crippen MR) is 67.3 cm³/mol. The van der Waals surface area contributed by atoms with E-state index < -0.39 is 23.9 Å². The second kappa shape index (κ2) is 4.46. The third-order valence-electron chi connectivity index (χ3n) is 3.67. The van der Waals surface area contributed by atoms with E-state index in [2.05, 4.69) is 9.97 Å². The fraction of sp³-hybridized carbons (Fsp3) is 0.538. The average Bonchev–Trinajstić information content (AvgIpc) is 2.87. The number of ether oxygens (including phenoxy) is 1. The Morgan fingerprint density at radius 3 is 2.95 bits per heavy atom. The number of aliphatic hydroxyl groups excluding tert-OH is 1. The lowest BCUT2D eigenvalue weighted by atomic mass is 10.0. The number of aliphatic hydroxyl groups is 1. The summed E-state index contributed by atoms with van der Waals surface area (Å²) in [6.07, 6.45) is 1.27. The molecule has 1 N–H and O–H groups in total. The molecule has 1 aliphatic heterocycles. The summed E-state index contributed by atoms with van der Waals surface area (Å²) in [6, 6.07) is 0. The van der Waals surface area contributed by atoms with Gasteiger partial charge in [-0.15, -0.1) is 0 Å². The van der Waals surface area contributed by atoms with Crippen molar-refractivity contribution in [3.05, 3.63) is 24.0 Å². The number of hydrogen-bond donors (Lipinski definition) is 1. The van der Waals surface area contributed by atoms with Crippen molar-refractivity contribution in [2.45, 2.75) is 38.3 Å². The SMILES string of the molecule is Cc1cn(C2OC(CO)C[C@@]2(C)F)c2ncnc(F)c12. The molecule has 0 aromatic carbocycles. The summed E-state index contributed by atoms with van der Waals surface area (Å²) in [7, 11) is 0. The van der Waals surface area contributed by atoms with Crippen LogP contribution < -0.4 is 0 Å². The molecular weight excluding hydrogens is 268 g/mol. The molecule has 7 heteroatoms. The van der Waals surface area contributed by atoms with Gasteiger partial charge in [-0.2, -0.15) is 4.39 Å². The van der Waals surface area contributed by atoms with Crippen LogP contribution in [0.2, 0.25) is 0 Å². The van der Waals surface area contributed by atoms with Gasteiger partial charge in [-0.1, -0.05) is 0 Å². The van der Waals surface area contributed by atoms with Crippen molar-refractivity contribution < 1.29 is 18.6 Å². The molecule has 0 amide bonds. The van der Waals surface area contributed by atoms with Crippen LogP contribution in [0.1, 0.15) is 25.1 Å². The number of hydrogen-bond acceptors (Lipinski definition) is 4. The quantitative estimate of drug-likeness (QED) is 0.855. The van der Waals surface area contributed by atoms with Crippen molar-refractivity contribution in [2.75, 3.05) is 6.61 Å². The van der Waals surface area contributed by atoms with Crippen LogP contribution in [0.25, 0.3) is 11.0 Å². The molecule has 2 unspecified atom stereocenters. The molecule has 3 heterocycles. The lowest BCUT2D eigenvalue weighted by Crippen LogP contribution is -2.27. The average molecular weight is 283 g/mol. The summed E-state index contributed by atoms with van der Waals surface area (Å²) in [5.74, 6) is -0.636. The largest absolute Gasteiger partial charge is 0.394 e. The normalized spacial score (nSPS) is 30.2. The lowest BCUT2D eigenvalue weighted by Gasteiger charge is -2.23. The van der Waals surface area contributed by atoms with Gasteiger partial charge in [0.1, 0.15) is 12.0 Å². The van der Waals surface area contributed by atoms with E-state index in [4.69, 9.17) is 9.84 Å². The van der Waals surface area contributed by atoms with E-state index >= 15 is 0 Å². The number of aromatic nitrogens is 3. The monoisotopic (exact) mass is 283 g/mol. The standard InChI is InChI=1S/C13H15F2N3O2/c1-7-4-18(11-9(7)10(14)16-6-17-11)12-13(2,15)3-8(5-19)20-12/h4,6,8,12,19H,3,5H2,1-2H3/t8?,12?,13-/m1/s1. The molecule has 5 nitrogen and oxygen atoms in total. The maximum absolute atomic E-state index is 14.6. The Labute approximate surface area is 114 Å². The minimum Gasteiger partial charge on any atom is -0.394 e. The van der Waals surface area contributed by atoms with E-state index in [9.17, 15) is 8.78 Å². The van der Waals surface area contributed by atoms with E-state index in [1.165, 1.54) is 11.5 Å². The summed E-state index contributed by atoms with van der Waals surface area (Å²) in [4.78, 5) is 7.54. The highest BCUT2D eigenvalue weighted by molar-refractivity contribution is 5.79. The van der Waals surface area contributed by atoms with Crippen LogP contribution in [0.5, 0.6) is 0 Å². The maximum Gasteiger partial charge on any atom is 0.225 e. The molecule has 3 rings (SSSR count). The Balaban J connectivity index is 2.14. The smallest absolute Gasteiger partial charge is 0.225 e. The third kappa shape index (κ3) is 1.89. The number of fused-ring (bicyclic) bond motifs is 1. The first-order valence-corrected chi connectivity index (χ1v) is 6.37. The molecule has 1 fully saturated rings. The first-order chi connectivity index (χ1) is 9.44. The third-order valence-corrected chi connectivity index (χ3v) is 3.67. The summed E-state index contributed by atoms with van der Waals surface area (Å²) in [5, 5.41) is 9.40. The highest BCUT2D eigenvalue weighted by Gasteiger charge is 2.47. The lowest BCUT2D eigenvalue weighted by molar-refractivity contribution is -0.0562. The van der Waals surface area contributed by atoms with E-state index in [0.29, 0.717) is 11.2 Å². The van der Waals surface area contributed by atoms with Crippen LogP contribution in [-0.2, 0) is 4.74 Å². The Kier molecular flexibility index (Phi) is 2.98. The predicted octanol–water partition coefficient (Wildman–Crippen LogP) is 1.89. The number of alkyl halides is 1. The zero-order valence-corrected chi connectivity index (χ0v) is 11.2. The Morgan fingerprint density at radius 2 is 2.30 bits per heavy atom. The molecule has 108 valence electrons. The maximum atomic E-state index is 14.6. The fourth-order valence-electron chi connectivity index (χ4n) is 2.78. The van der Waals surface area contributed by atoms with Crippen LogP contribution in [0.4, 0.5) is 8.78 Å². The van der Waals surface area contributed by atoms with Gasteiger partial charge in [-0.05, 0) is 19.4 Å². The molecule has 0 spiro atoms. The Bertz CT molecular complexity index is 656. The zero-order valence-electron chi connectivity index (χ0n) is 11.2. The molecular formula is C13H15F2N3O2. The van der Waals surface area contributed by atoms with Crippen LogP contribution in [0.15, 0.2) is 12.5 Å². The van der Waals surface area contributed by atoms with Gasteiger partial charge in [-0.3, -0.25) is 0 Å². The van der Waals surface area contributed by atoms with Gasteiger partial charge < -0.3 is 14.4 Å². The topological polar surface area (TPSA) is 60.2 Å². The summed E-state index contributed by atoms with van der Waals surface area (Å²) in [6.45, 7) is 2.86. The zero-order chi connectivity index (χ0) is 14.5. The van der Waals surface area contributed by atoms with E-state index in [1.807, 2.05) is 0 Å². The molecule has 0 bridgehead atoms. The van der Waals surface area contributed by atoms with Gasteiger partial charge in [0, 0.05) is 12.6 Å². The number of halogens is 2. The fourth-order valence-corrected chi connectivity index (χ4v) is 2.78. The highest BCUT2D eigenvalue weighted by Crippen LogP contribution is 2.42. The molecule has 20 heavy (non-hydrogen) atoms. The first-order valence-electron chi connectivity index (χ1n) is 6.37. The van der Waals surface area contributed by atoms with Crippen molar-refractivity contribution in [3.8, 4) is 0 Å². The highest BCUT2D eigenvalue weighted by atomic mass is 19.1. The van der Waals surface area contributed by atoms with Crippen molar-refractivity contribution in [1.29, 1.82) is 0 Å². The minimum atomic E-state index is -1.66. The van der Waals surface area contributed by atoms with E-state index in [1.54, 1.807) is 13.1 Å². The van der Waals surface area contributed by atoms with Gasteiger partial charge in [-0.25, -0.2) is 14.4 Å².